The van der Waals surface area contributed by atoms with E-state index in [1.807, 2.05) is 85.8 Å². The fourth-order valence-corrected chi connectivity index (χ4v) is 3.05. The van der Waals surface area contributed by atoms with Gasteiger partial charge in [0.25, 0.3) is 0 Å². The molecule has 0 unspecified atom stereocenters. The lowest BCUT2D eigenvalue weighted by molar-refractivity contribution is 0.104. The quantitative estimate of drug-likeness (QED) is 0.303. The van der Waals surface area contributed by atoms with Crippen LogP contribution in [0.5, 0.6) is 0 Å². The molecule has 124 valence electrons. The highest BCUT2D eigenvalue weighted by Crippen LogP contribution is 2.23. The van der Waals surface area contributed by atoms with Crippen LogP contribution in [0.2, 0.25) is 0 Å². The van der Waals surface area contributed by atoms with Crippen LogP contribution in [0, 0.1) is 10.5 Å². The number of para-hydroxylation sites is 1. The summed E-state index contributed by atoms with van der Waals surface area (Å²) in [4.78, 5) is 12.7. The van der Waals surface area contributed by atoms with Crippen LogP contribution in [0.4, 0.5) is 5.69 Å². The molecule has 0 aliphatic rings. The fraction of sp³-hybridized carbons (Fsp3) is 0.0455. The molecule has 25 heavy (non-hydrogen) atoms. The van der Waals surface area contributed by atoms with Gasteiger partial charge in [0.2, 0.25) is 0 Å². The van der Waals surface area contributed by atoms with Crippen LogP contribution >= 0.6 is 22.6 Å². The molecular formula is C22H18INO. The number of rotatable bonds is 5. The third-order valence-electron chi connectivity index (χ3n) is 3.81. The van der Waals surface area contributed by atoms with E-state index in [9.17, 15) is 4.79 Å². The number of hydrogen-bond acceptors (Lipinski definition) is 2. The molecule has 0 bridgehead atoms. The summed E-state index contributed by atoms with van der Waals surface area (Å²) in [5.41, 5.74) is 4.51. The maximum atomic E-state index is 12.7. The first-order valence-electron chi connectivity index (χ1n) is 8.03. The molecule has 3 heteroatoms. The summed E-state index contributed by atoms with van der Waals surface area (Å²) in [5.74, 6) is -0.0130. The number of halogens is 1. The molecule has 1 N–H and O–H groups in total. The van der Waals surface area contributed by atoms with E-state index in [1.54, 1.807) is 6.08 Å². The summed E-state index contributed by atoms with van der Waals surface area (Å²) in [6.07, 6.45) is 1.67. The van der Waals surface area contributed by atoms with Crippen LogP contribution in [-0.4, -0.2) is 5.78 Å². The number of anilines is 1. The van der Waals surface area contributed by atoms with E-state index in [4.69, 9.17) is 0 Å². The van der Waals surface area contributed by atoms with Gasteiger partial charge in [0, 0.05) is 20.9 Å². The molecule has 0 amide bonds. The lowest BCUT2D eigenvalue weighted by atomic mass is 10.0. The van der Waals surface area contributed by atoms with Crippen molar-refractivity contribution in [1.29, 1.82) is 0 Å². The normalized spacial score (nSPS) is 11.2. The van der Waals surface area contributed by atoms with Crippen molar-refractivity contribution in [1.82, 2.24) is 0 Å². The van der Waals surface area contributed by atoms with Crippen molar-refractivity contribution in [2.24, 2.45) is 0 Å². The molecule has 0 aliphatic carbocycles. The second-order valence-corrected chi connectivity index (χ2v) is 6.92. The van der Waals surface area contributed by atoms with Crippen LogP contribution in [0.25, 0.3) is 5.70 Å². The largest absolute Gasteiger partial charge is 0.354 e. The zero-order valence-corrected chi connectivity index (χ0v) is 16.0. The average molecular weight is 439 g/mol. The molecule has 0 aromatic heterocycles. The number of benzene rings is 3. The molecule has 0 saturated heterocycles. The Hall–Kier alpha value is -2.40. The van der Waals surface area contributed by atoms with Gasteiger partial charge in [0.1, 0.15) is 0 Å². The minimum atomic E-state index is -0.0130. The maximum absolute atomic E-state index is 12.7. The standard InChI is InChI=1S/C22H18INO/c1-16-8-7-11-18(14-16)22(25)15-21(17-9-3-2-4-10-17)24-20-13-6-5-12-19(20)23/h2-15,24H,1H3/b21-15+. The van der Waals surface area contributed by atoms with Gasteiger partial charge in [-0.2, -0.15) is 0 Å². The molecule has 0 atom stereocenters. The van der Waals surface area contributed by atoms with E-state index in [1.165, 1.54) is 0 Å². The molecule has 2 nitrogen and oxygen atoms in total. The summed E-state index contributed by atoms with van der Waals surface area (Å²) in [6, 6.07) is 25.6. The van der Waals surface area contributed by atoms with E-state index in [2.05, 4.69) is 27.9 Å². The Bertz CT molecular complexity index is 916. The minimum absolute atomic E-state index is 0.0130. The van der Waals surface area contributed by atoms with Gasteiger partial charge >= 0.3 is 0 Å². The van der Waals surface area contributed by atoms with E-state index in [0.29, 0.717) is 5.56 Å². The Morgan fingerprint density at radius 3 is 2.28 bits per heavy atom. The smallest absolute Gasteiger partial charge is 0.187 e. The predicted molar refractivity (Wildman–Crippen MR) is 113 cm³/mol. The second-order valence-electron chi connectivity index (χ2n) is 5.76. The molecule has 0 saturated carbocycles. The van der Waals surface area contributed by atoms with Crippen LogP contribution in [0.3, 0.4) is 0 Å². The number of ketones is 1. The molecule has 3 aromatic carbocycles. The van der Waals surface area contributed by atoms with Crippen molar-refractivity contribution >= 4 is 39.8 Å². The van der Waals surface area contributed by atoms with Crippen molar-refractivity contribution in [2.75, 3.05) is 5.32 Å². The Morgan fingerprint density at radius 2 is 1.56 bits per heavy atom. The molecule has 0 heterocycles. The lowest BCUT2D eigenvalue weighted by Crippen LogP contribution is -2.04. The summed E-state index contributed by atoms with van der Waals surface area (Å²) >= 11 is 2.29. The molecule has 0 fully saturated rings. The van der Waals surface area contributed by atoms with Gasteiger partial charge in [-0.15, -0.1) is 0 Å². The number of nitrogens with one attached hydrogen (secondary N) is 1. The Labute approximate surface area is 161 Å². The van der Waals surface area contributed by atoms with Crippen molar-refractivity contribution in [3.8, 4) is 0 Å². The maximum Gasteiger partial charge on any atom is 0.187 e. The third kappa shape index (κ3) is 4.57. The van der Waals surface area contributed by atoms with Crippen molar-refractivity contribution in [3.63, 3.8) is 0 Å². The van der Waals surface area contributed by atoms with Gasteiger partial charge in [0.05, 0.1) is 5.69 Å². The average Bonchev–Trinajstić information content (AvgIpc) is 2.63. The first-order chi connectivity index (χ1) is 12.1. The highest BCUT2D eigenvalue weighted by Gasteiger charge is 2.09. The van der Waals surface area contributed by atoms with Gasteiger partial charge < -0.3 is 5.32 Å². The van der Waals surface area contributed by atoms with Crippen LogP contribution in [0.1, 0.15) is 21.5 Å². The summed E-state index contributed by atoms with van der Waals surface area (Å²) < 4.78 is 1.10. The van der Waals surface area contributed by atoms with Crippen LogP contribution < -0.4 is 5.32 Å². The molecule has 3 rings (SSSR count). The fourth-order valence-electron chi connectivity index (χ4n) is 2.53. The zero-order chi connectivity index (χ0) is 17.6. The molecule has 0 aliphatic heterocycles. The van der Waals surface area contributed by atoms with E-state index < -0.39 is 0 Å². The van der Waals surface area contributed by atoms with Crippen molar-refractivity contribution in [2.45, 2.75) is 6.92 Å². The minimum Gasteiger partial charge on any atom is -0.354 e. The van der Waals surface area contributed by atoms with E-state index >= 15 is 0 Å². The van der Waals surface area contributed by atoms with Crippen LogP contribution in [-0.2, 0) is 0 Å². The summed E-state index contributed by atoms with van der Waals surface area (Å²) in [7, 11) is 0. The number of allylic oxidation sites excluding steroid dienone is 1. The van der Waals surface area contributed by atoms with E-state index in [-0.39, 0.29) is 5.78 Å². The Kier molecular flexibility index (Phi) is 5.66. The molecular weight excluding hydrogens is 421 g/mol. The monoisotopic (exact) mass is 439 g/mol. The number of aryl methyl sites for hydroxylation is 1. The van der Waals surface area contributed by atoms with Gasteiger partial charge in [-0.3, -0.25) is 4.79 Å². The van der Waals surface area contributed by atoms with Crippen molar-refractivity contribution < 1.29 is 4.79 Å². The Balaban J connectivity index is 1.99. The van der Waals surface area contributed by atoms with Crippen LogP contribution in [0.15, 0.2) is 84.9 Å². The highest BCUT2D eigenvalue weighted by molar-refractivity contribution is 14.1. The zero-order valence-electron chi connectivity index (χ0n) is 13.9. The first kappa shape index (κ1) is 17.4. The predicted octanol–water partition coefficient (Wildman–Crippen LogP) is 5.94. The van der Waals surface area contributed by atoms with Gasteiger partial charge in [-0.1, -0.05) is 66.2 Å². The van der Waals surface area contributed by atoms with E-state index in [0.717, 1.165) is 26.1 Å². The SMILES string of the molecule is Cc1cccc(C(=O)/C=C(/Nc2ccccc2I)c2ccccc2)c1. The topological polar surface area (TPSA) is 29.1 Å². The Morgan fingerprint density at radius 1 is 0.880 bits per heavy atom. The van der Waals surface area contributed by atoms with Gasteiger partial charge in [-0.05, 0) is 53.3 Å². The second kappa shape index (κ2) is 8.12. The first-order valence-corrected chi connectivity index (χ1v) is 9.11. The summed E-state index contributed by atoms with van der Waals surface area (Å²) in [5, 5.41) is 3.41. The van der Waals surface area contributed by atoms with Crippen molar-refractivity contribution in [3.05, 3.63) is 105 Å². The number of carbonyl (C=O) groups excluding carboxylic acids is 1. The third-order valence-corrected chi connectivity index (χ3v) is 4.75. The molecule has 0 spiro atoms. The van der Waals surface area contributed by atoms with Gasteiger partial charge in [0.15, 0.2) is 5.78 Å². The van der Waals surface area contributed by atoms with Gasteiger partial charge in [-0.25, -0.2) is 0 Å². The number of carbonyl (C=O) groups is 1. The molecule has 3 aromatic rings. The molecule has 0 radical (unpaired) electrons. The highest BCUT2D eigenvalue weighted by atomic mass is 127. The lowest BCUT2D eigenvalue weighted by Gasteiger charge is -2.13. The number of hydrogen-bond donors (Lipinski definition) is 1. The summed E-state index contributed by atoms with van der Waals surface area (Å²) in [6.45, 7) is 1.99.